The fourth-order valence-electron chi connectivity index (χ4n) is 4.33. The number of ether oxygens (including phenoxy) is 2. The molecule has 1 aromatic heterocycles. The van der Waals surface area contributed by atoms with Crippen molar-refractivity contribution in [3.05, 3.63) is 75.3 Å². The van der Waals surface area contributed by atoms with Gasteiger partial charge in [0.05, 0.1) is 30.5 Å². The molecule has 6 nitrogen and oxygen atoms in total. The van der Waals surface area contributed by atoms with E-state index in [0.29, 0.717) is 40.9 Å². The highest BCUT2D eigenvalue weighted by Gasteiger charge is 2.33. The Morgan fingerprint density at radius 1 is 1.11 bits per heavy atom. The molecule has 0 saturated carbocycles. The molecule has 1 amide bonds. The molecule has 0 saturated heterocycles. The highest BCUT2D eigenvalue weighted by atomic mass is 35.5. The van der Waals surface area contributed by atoms with Crippen LogP contribution in [0.3, 0.4) is 0 Å². The van der Waals surface area contributed by atoms with Gasteiger partial charge >= 0.3 is 6.18 Å². The predicted molar refractivity (Wildman–Crippen MR) is 140 cm³/mol. The molecule has 3 aromatic rings. The normalized spacial score (nSPS) is 12.3. The molecule has 10 heteroatoms. The number of methoxy groups -OCH3 is 2. The van der Waals surface area contributed by atoms with Gasteiger partial charge in [-0.3, -0.25) is 4.79 Å². The van der Waals surface area contributed by atoms with Gasteiger partial charge in [-0.25, -0.2) is 10.3 Å². The number of carbonyl (C=O) groups is 1. The maximum absolute atomic E-state index is 13.5. The Hall–Kier alpha value is -3.20. The molecule has 0 N–H and O–H groups in total. The maximum Gasteiger partial charge on any atom is 0.416 e. The monoisotopic (exact) mass is 550 g/mol. The fraction of sp³-hybridized carbons (Fsp3) is 0.429. The Labute approximate surface area is 226 Å². The molecule has 2 aromatic carbocycles. The standard InChI is InChI=1S/C28H32ClF3N3O3/c1-17(14-20-11-12-23(37-4)27(38-5)26(20)29)10-13-25(36)33-15-24-34-18(2)19(3)35(24)16-21-8-6-7-9-22(21)28(30,31)32/h6-9,11-12,17H,10,13-16H2,1-5H3. The topological polar surface area (TPSA) is 67.5 Å². The van der Waals surface area contributed by atoms with Crippen molar-refractivity contribution in [3.8, 4) is 11.5 Å². The van der Waals surface area contributed by atoms with E-state index >= 15 is 0 Å². The minimum atomic E-state index is -4.46. The van der Waals surface area contributed by atoms with Gasteiger partial charge < -0.3 is 14.0 Å². The van der Waals surface area contributed by atoms with Gasteiger partial charge in [0.15, 0.2) is 11.5 Å². The summed E-state index contributed by atoms with van der Waals surface area (Å²) in [7, 11) is 3.07. The van der Waals surface area contributed by atoms with Crippen LogP contribution in [-0.2, 0) is 30.5 Å². The predicted octanol–water partition coefficient (Wildman–Crippen LogP) is 6.53. The van der Waals surface area contributed by atoms with Crippen molar-refractivity contribution in [1.82, 2.24) is 14.9 Å². The highest BCUT2D eigenvalue weighted by Crippen LogP contribution is 2.38. The Kier molecular flexibility index (Phi) is 9.71. The van der Waals surface area contributed by atoms with E-state index < -0.39 is 11.7 Å². The Bertz CT molecular complexity index is 1270. The lowest BCUT2D eigenvalue weighted by Gasteiger charge is -2.16. The van der Waals surface area contributed by atoms with Gasteiger partial charge in [-0.15, -0.1) is 0 Å². The summed E-state index contributed by atoms with van der Waals surface area (Å²) in [5, 5.41) is 4.65. The summed E-state index contributed by atoms with van der Waals surface area (Å²) >= 11 is 6.48. The zero-order valence-corrected chi connectivity index (χ0v) is 22.9. The first kappa shape index (κ1) is 29.4. The number of alkyl halides is 3. The summed E-state index contributed by atoms with van der Waals surface area (Å²) in [4.78, 5) is 17.0. The molecular formula is C28H32ClF3N3O3. The summed E-state index contributed by atoms with van der Waals surface area (Å²) in [6.45, 7) is 5.60. The number of carbonyl (C=O) groups excluding carboxylic acids is 1. The molecule has 0 spiro atoms. The first-order valence-electron chi connectivity index (χ1n) is 12.2. The molecule has 1 unspecified atom stereocenters. The fourth-order valence-corrected chi connectivity index (χ4v) is 4.64. The van der Waals surface area contributed by atoms with Gasteiger partial charge in [0.1, 0.15) is 12.4 Å². The van der Waals surface area contributed by atoms with Gasteiger partial charge in [0, 0.05) is 18.7 Å². The summed E-state index contributed by atoms with van der Waals surface area (Å²) in [6, 6.07) is 9.15. The van der Waals surface area contributed by atoms with E-state index in [0.717, 1.165) is 17.3 Å². The zero-order valence-electron chi connectivity index (χ0n) is 22.2. The highest BCUT2D eigenvalue weighted by molar-refractivity contribution is 6.33. The van der Waals surface area contributed by atoms with Gasteiger partial charge in [0.25, 0.3) is 0 Å². The molecular weight excluding hydrogens is 519 g/mol. The van der Waals surface area contributed by atoms with E-state index in [4.69, 9.17) is 21.1 Å². The van der Waals surface area contributed by atoms with Crippen LogP contribution in [-0.4, -0.2) is 29.7 Å². The lowest BCUT2D eigenvalue weighted by atomic mass is 9.96. The van der Waals surface area contributed by atoms with Crippen molar-refractivity contribution in [2.75, 3.05) is 14.2 Å². The first-order valence-corrected chi connectivity index (χ1v) is 12.6. The number of benzene rings is 2. The van der Waals surface area contributed by atoms with Crippen LogP contribution in [0.4, 0.5) is 13.2 Å². The minimum absolute atomic E-state index is 0.00239. The number of aromatic nitrogens is 2. The van der Waals surface area contributed by atoms with Gasteiger partial charge in [-0.2, -0.15) is 13.2 Å². The number of hydrogen-bond donors (Lipinski definition) is 0. The quantitative estimate of drug-likeness (QED) is 0.272. The lowest BCUT2D eigenvalue weighted by molar-refractivity contribution is -0.138. The molecule has 38 heavy (non-hydrogen) atoms. The zero-order chi connectivity index (χ0) is 28.0. The lowest BCUT2D eigenvalue weighted by Crippen LogP contribution is -2.20. The minimum Gasteiger partial charge on any atom is -0.493 e. The van der Waals surface area contributed by atoms with Crippen LogP contribution in [0.25, 0.3) is 0 Å². The van der Waals surface area contributed by atoms with Crippen LogP contribution in [0.5, 0.6) is 11.5 Å². The molecule has 1 atom stereocenters. The summed E-state index contributed by atoms with van der Waals surface area (Å²) in [5.41, 5.74) is 1.77. The first-order chi connectivity index (χ1) is 18.0. The third-order valence-corrected chi connectivity index (χ3v) is 6.98. The van der Waals surface area contributed by atoms with Crippen LogP contribution in [0.1, 0.15) is 53.7 Å². The van der Waals surface area contributed by atoms with Crippen LogP contribution < -0.4 is 14.8 Å². The van der Waals surface area contributed by atoms with Crippen molar-refractivity contribution in [2.45, 2.75) is 59.3 Å². The number of aryl methyl sites for hydroxylation is 1. The van der Waals surface area contributed by atoms with E-state index in [1.54, 1.807) is 37.7 Å². The average Bonchev–Trinajstić information content (AvgIpc) is 3.14. The van der Waals surface area contributed by atoms with Crippen molar-refractivity contribution in [3.63, 3.8) is 0 Å². The van der Waals surface area contributed by atoms with E-state index in [-0.39, 0.29) is 36.9 Å². The second-order valence-electron chi connectivity index (χ2n) is 9.27. The number of hydrogen-bond acceptors (Lipinski definition) is 4. The van der Waals surface area contributed by atoms with Gasteiger partial charge in [-0.1, -0.05) is 42.8 Å². The van der Waals surface area contributed by atoms with E-state index in [2.05, 4.69) is 10.3 Å². The van der Waals surface area contributed by atoms with E-state index in [9.17, 15) is 18.0 Å². The van der Waals surface area contributed by atoms with Gasteiger partial charge in [0.2, 0.25) is 5.91 Å². The summed E-state index contributed by atoms with van der Waals surface area (Å²) in [5.74, 6) is 1.35. The smallest absolute Gasteiger partial charge is 0.416 e. The van der Waals surface area contributed by atoms with Crippen LogP contribution in [0.15, 0.2) is 36.4 Å². The van der Waals surface area contributed by atoms with E-state index in [1.807, 2.05) is 13.0 Å². The molecule has 205 valence electrons. The van der Waals surface area contributed by atoms with Crippen LogP contribution in [0.2, 0.25) is 5.02 Å². The molecule has 1 radical (unpaired) electrons. The number of halogens is 4. The average molecular weight is 551 g/mol. The van der Waals surface area contributed by atoms with Crippen LogP contribution >= 0.6 is 11.6 Å². The number of rotatable bonds is 11. The third kappa shape index (κ3) is 7.01. The van der Waals surface area contributed by atoms with Crippen molar-refractivity contribution < 1.29 is 27.4 Å². The van der Waals surface area contributed by atoms with Crippen molar-refractivity contribution >= 4 is 17.5 Å². The number of amides is 1. The SMILES string of the molecule is COc1ccc(CC(C)CCC(=O)[N]Cc2nc(C)c(C)n2Cc2ccccc2C(F)(F)F)c(Cl)c1OC. The second-order valence-corrected chi connectivity index (χ2v) is 9.65. The maximum atomic E-state index is 13.5. The molecule has 0 aliphatic rings. The molecule has 0 aliphatic heterocycles. The van der Waals surface area contributed by atoms with Gasteiger partial charge in [-0.05, 0) is 55.9 Å². The summed E-state index contributed by atoms with van der Waals surface area (Å²) < 4.78 is 52.8. The third-order valence-electron chi connectivity index (χ3n) is 6.57. The largest absolute Gasteiger partial charge is 0.493 e. The molecule has 3 rings (SSSR count). The Morgan fingerprint density at radius 3 is 2.47 bits per heavy atom. The van der Waals surface area contributed by atoms with Crippen LogP contribution in [0, 0.1) is 19.8 Å². The number of nitrogens with zero attached hydrogens (tertiary/aromatic N) is 3. The Morgan fingerprint density at radius 2 is 1.82 bits per heavy atom. The molecule has 0 fully saturated rings. The number of imidazole rings is 1. The van der Waals surface area contributed by atoms with Crippen molar-refractivity contribution in [1.29, 1.82) is 0 Å². The molecule has 1 heterocycles. The molecule has 0 bridgehead atoms. The van der Waals surface area contributed by atoms with E-state index in [1.165, 1.54) is 19.2 Å². The molecule has 0 aliphatic carbocycles. The summed E-state index contributed by atoms with van der Waals surface area (Å²) in [6.07, 6.45) is -2.98. The van der Waals surface area contributed by atoms with Crippen molar-refractivity contribution in [2.24, 2.45) is 5.92 Å². The Balaban J connectivity index is 1.61. The second kappa shape index (κ2) is 12.6.